The first kappa shape index (κ1) is 14.8. The van der Waals surface area contributed by atoms with Crippen LogP contribution in [0.15, 0.2) is 60.7 Å². The number of carbonyl (C=O) groups excluding carboxylic acids is 1. The Morgan fingerprint density at radius 2 is 1.78 bits per heavy atom. The Labute approximate surface area is 134 Å². The minimum absolute atomic E-state index is 0.379. The zero-order chi connectivity index (χ0) is 16.2. The van der Waals surface area contributed by atoms with E-state index in [9.17, 15) is 4.79 Å². The maximum atomic E-state index is 11.9. The van der Waals surface area contributed by atoms with Crippen molar-refractivity contribution in [2.24, 2.45) is 0 Å². The molecule has 0 atom stereocenters. The molecule has 0 aliphatic carbocycles. The number of aromatic nitrogens is 2. The van der Waals surface area contributed by atoms with Gasteiger partial charge < -0.3 is 10.1 Å². The molecule has 0 saturated carbocycles. The number of anilines is 2. The third kappa shape index (κ3) is 3.08. The fourth-order valence-electron chi connectivity index (χ4n) is 2.37. The number of ether oxygens (including phenoxy) is 1. The molecule has 0 aliphatic heterocycles. The maximum absolute atomic E-state index is 11.9. The molecule has 0 saturated heterocycles. The predicted octanol–water partition coefficient (Wildman–Crippen LogP) is 3.71. The molecule has 0 amide bonds. The fraction of sp³-hybridized carbons (Fsp3) is 0.111. The number of para-hydroxylation sites is 2. The quantitative estimate of drug-likeness (QED) is 0.747. The predicted molar refractivity (Wildman–Crippen MR) is 89.4 cm³/mol. The molecule has 0 aliphatic rings. The average Bonchev–Trinajstić information content (AvgIpc) is 2.96. The van der Waals surface area contributed by atoms with Gasteiger partial charge in [0.05, 0.1) is 29.7 Å². The average molecular weight is 307 g/mol. The van der Waals surface area contributed by atoms with E-state index in [-0.39, 0.29) is 5.97 Å². The smallest absolute Gasteiger partial charge is 0.339 e. The van der Waals surface area contributed by atoms with Gasteiger partial charge in [0, 0.05) is 6.07 Å². The normalized spacial score (nSPS) is 10.3. The highest BCUT2D eigenvalue weighted by atomic mass is 16.5. The van der Waals surface area contributed by atoms with E-state index < -0.39 is 0 Å². The zero-order valence-electron chi connectivity index (χ0n) is 13.0. The number of rotatable bonds is 4. The van der Waals surface area contributed by atoms with Crippen molar-refractivity contribution in [2.75, 3.05) is 12.4 Å². The molecular formula is C18H17N3O2. The van der Waals surface area contributed by atoms with Gasteiger partial charge in [0.2, 0.25) is 0 Å². The van der Waals surface area contributed by atoms with E-state index in [4.69, 9.17) is 4.74 Å². The number of hydrogen-bond acceptors (Lipinski definition) is 4. The second kappa shape index (κ2) is 6.36. The Morgan fingerprint density at radius 3 is 2.52 bits per heavy atom. The molecule has 0 unspecified atom stereocenters. The number of benzene rings is 2. The topological polar surface area (TPSA) is 56.1 Å². The highest BCUT2D eigenvalue weighted by Gasteiger charge is 2.14. The van der Waals surface area contributed by atoms with Gasteiger partial charge in [0.1, 0.15) is 5.82 Å². The molecule has 1 N–H and O–H groups in total. The van der Waals surface area contributed by atoms with Crippen LogP contribution in [0.2, 0.25) is 0 Å². The fourth-order valence-corrected chi connectivity index (χ4v) is 2.37. The van der Waals surface area contributed by atoms with Gasteiger partial charge in [0.25, 0.3) is 0 Å². The summed E-state index contributed by atoms with van der Waals surface area (Å²) < 4.78 is 6.64. The monoisotopic (exact) mass is 307 g/mol. The first-order chi connectivity index (χ1) is 11.2. The molecule has 23 heavy (non-hydrogen) atoms. The molecule has 0 spiro atoms. The molecule has 0 radical (unpaired) electrons. The van der Waals surface area contributed by atoms with Gasteiger partial charge >= 0.3 is 5.97 Å². The molecule has 0 fully saturated rings. The van der Waals surface area contributed by atoms with Gasteiger partial charge in [-0.1, -0.05) is 30.3 Å². The van der Waals surface area contributed by atoms with Gasteiger partial charge in [-0.3, -0.25) is 0 Å². The Balaban J connectivity index is 2.01. The molecule has 3 rings (SSSR count). The first-order valence-electron chi connectivity index (χ1n) is 7.25. The van der Waals surface area contributed by atoms with Crippen LogP contribution in [0.3, 0.4) is 0 Å². The molecule has 0 bridgehead atoms. The van der Waals surface area contributed by atoms with Crippen LogP contribution in [-0.2, 0) is 4.74 Å². The molecule has 116 valence electrons. The van der Waals surface area contributed by atoms with Crippen molar-refractivity contribution in [1.82, 2.24) is 9.78 Å². The van der Waals surface area contributed by atoms with Crippen LogP contribution in [0.1, 0.15) is 16.1 Å². The number of nitrogens with one attached hydrogen (secondary N) is 1. The lowest BCUT2D eigenvalue weighted by Crippen LogP contribution is -2.08. The van der Waals surface area contributed by atoms with Crippen molar-refractivity contribution in [3.8, 4) is 5.69 Å². The molecule has 2 aromatic carbocycles. The zero-order valence-corrected chi connectivity index (χ0v) is 13.0. The van der Waals surface area contributed by atoms with E-state index in [0.29, 0.717) is 11.3 Å². The second-order valence-corrected chi connectivity index (χ2v) is 5.08. The summed E-state index contributed by atoms with van der Waals surface area (Å²) in [5.41, 5.74) is 2.98. The Morgan fingerprint density at radius 1 is 1.09 bits per heavy atom. The number of esters is 1. The van der Waals surface area contributed by atoms with E-state index >= 15 is 0 Å². The SMILES string of the molecule is COC(=O)c1ccccc1Nc1cc(C)nn1-c1ccccc1. The number of aryl methyl sites for hydroxylation is 1. The van der Waals surface area contributed by atoms with Crippen LogP contribution in [0.4, 0.5) is 11.5 Å². The summed E-state index contributed by atoms with van der Waals surface area (Å²) in [5.74, 6) is 0.403. The van der Waals surface area contributed by atoms with Crippen LogP contribution >= 0.6 is 0 Å². The van der Waals surface area contributed by atoms with Gasteiger partial charge in [-0.25, -0.2) is 9.48 Å². The van der Waals surface area contributed by atoms with Crippen molar-refractivity contribution in [1.29, 1.82) is 0 Å². The molecule has 1 heterocycles. The first-order valence-corrected chi connectivity index (χ1v) is 7.25. The van der Waals surface area contributed by atoms with Crippen molar-refractivity contribution in [3.63, 3.8) is 0 Å². The number of nitrogens with zero attached hydrogens (tertiary/aromatic N) is 2. The second-order valence-electron chi connectivity index (χ2n) is 5.08. The number of hydrogen-bond donors (Lipinski definition) is 1. The van der Waals surface area contributed by atoms with Crippen molar-refractivity contribution < 1.29 is 9.53 Å². The van der Waals surface area contributed by atoms with E-state index in [2.05, 4.69) is 10.4 Å². The number of carbonyl (C=O) groups is 1. The van der Waals surface area contributed by atoms with Crippen molar-refractivity contribution in [3.05, 3.63) is 71.9 Å². The van der Waals surface area contributed by atoms with Crippen molar-refractivity contribution >= 4 is 17.5 Å². The minimum Gasteiger partial charge on any atom is -0.465 e. The Kier molecular flexibility index (Phi) is 4.10. The molecule has 1 aromatic heterocycles. The highest BCUT2D eigenvalue weighted by Crippen LogP contribution is 2.24. The summed E-state index contributed by atoms with van der Waals surface area (Å²) >= 11 is 0. The van der Waals surface area contributed by atoms with Gasteiger partial charge in [0.15, 0.2) is 0 Å². The van der Waals surface area contributed by atoms with E-state index in [0.717, 1.165) is 17.2 Å². The van der Waals surface area contributed by atoms with E-state index in [1.165, 1.54) is 7.11 Å². The van der Waals surface area contributed by atoms with Gasteiger partial charge in [-0.15, -0.1) is 0 Å². The lowest BCUT2D eigenvalue weighted by atomic mass is 10.2. The molecule has 3 aromatic rings. The summed E-state index contributed by atoms with van der Waals surface area (Å²) in [7, 11) is 1.37. The number of methoxy groups -OCH3 is 1. The van der Waals surface area contributed by atoms with E-state index in [1.807, 2.05) is 60.1 Å². The van der Waals surface area contributed by atoms with Gasteiger partial charge in [-0.05, 0) is 31.2 Å². The standard InChI is InChI=1S/C18H17N3O2/c1-13-12-17(21(20-13)14-8-4-3-5-9-14)19-16-11-7-6-10-15(16)18(22)23-2/h3-12,19H,1-2H3. The Hall–Kier alpha value is -3.08. The van der Waals surface area contributed by atoms with Crippen LogP contribution in [0.25, 0.3) is 5.69 Å². The summed E-state index contributed by atoms with van der Waals surface area (Å²) in [5, 5.41) is 7.79. The molecule has 5 heteroatoms. The Bertz CT molecular complexity index is 825. The van der Waals surface area contributed by atoms with Crippen LogP contribution in [-0.4, -0.2) is 22.9 Å². The lowest BCUT2D eigenvalue weighted by Gasteiger charge is -2.12. The minimum atomic E-state index is -0.379. The van der Waals surface area contributed by atoms with Crippen LogP contribution in [0.5, 0.6) is 0 Å². The summed E-state index contributed by atoms with van der Waals surface area (Å²) in [6, 6.07) is 19.0. The third-order valence-electron chi connectivity index (χ3n) is 3.43. The van der Waals surface area contributed by atoms with Gasteiger partial charge in [-0.2, -0.15) is 5.10 Å². The van der Waals surface area contributed by atoms with Crippen LogP contribution in [0, 0.1) is 6.92 Å². The maximum Gasteiger partial charge on any atom is 0.339 e. The molecule has 5 nitrogen and oxygen atoms in total. The highest BCUT2D eigenvalue weighted by molar-refractivity contribution is 5.96. The van der Waals surface area contributed by atoms with E-state index in [1.54, 1.807) is 12.1 Å². The van der Waals surface area contributed by atoms with Crippen molar-refractivity contribution in [2.45, 2.75) is 6.92 Å². The van der Waals surface area contributed by atoms with Crippen LogP contribution < -0.4 is 5.32 Å². The summed E-state index contributed by atoms with van der Waals surface area (Å²) in [6.07, 6.45) is 0. The lowest BCUT2D eigenvalue weighted by molar-refractivity contribution is 0.0602. The largest absolute Gasteiger partial charge is 0.465 e. The summed E-state index contributed by atoms with van der Waals surface area (Å²) in [4.78, 5) is 11.9. The molecular weight excluding hydrogens is 290 g/mol. The third-order valence-corrected chi connectivity index (χ3v) is 3.43. The summed E-state index contributed by atoms with van der Waals surface area (Å²) in [6.45, 7) is 1.93.